The Morgan fingerprint density at radius 1 is 1.29 bits per heavy atom. The molecule has 4 aliphatic rings. The number of piperidine rings is 1. The average Bonchev–Trinajstić information content (AvgIpc) is 2.88. The highest BCUT2D eigenvalue weighted by Crippen LogP contribution is 2.54. The Bertz CT molecular complexity index is 851. The quantitative estimate of drug-likeness (QED) is 0.891. The molecule has 0 amide bonds. The number of nitrogens with zero attached hydrogens (tertiary/aromatic N) is 2. The van der Waals surface area contributed by atoms with Gasteiger partial charge in [-0.15, -0.1) is 0 Å². The number of fused-ring (bicyclic) bond motifs is 3. The van der Waals surface area contributed by atoms with E-state index in [4.69, 9.17) is 0 Å². The third-order valence-electron chi connectivity index (χ3n) is 6.64. The van der Waals surface area contributed by atoms with Crippen LogP contribution in [0.5, 0.6) is 0 Å². The summed E-state index contributed by atoms with van der Waals surface area (Å²) in [5, 5.41) is 21.6. The first-order valence-corrected chi connectivity index (χ1v) is 8.96. The van der Waals surface area contributed by atoms with E-state index in [1.165, 1.54) is 22.2 Å². The maximum absolute atomic E-state index is 10.2. The van der Waals surface area contributed by atoms with E-state index in [2.05, 4.69) is 47.0 Å². The van der Waals surface area contributed by atoms with Crippen molar-refractivity contribution in [2.45, 2.75) is 38.0 Å². The molecule has 0 aliphatic carbocycles. The zero-order valence-electron chi connectivity index (χ0n) is 14.2. The molecule has 4 heteroatoms. The second-order valence-corrected chi connectivity index (χ2v) is 7.67. The van der Waals surface area contributed by atoms with Gasteiger partial charge in [-0.1, -0.05) is 18.2 Å². The second kappa shape index (κ2) is 4.87. The molecule has 1 saturated heterocycles. The van der Waals surface area contributed by atoms with Crippen LogP contribution in [0, 0.1) is 11.8 Å². The summed E-state index contributed by atoms with van der Waals surface area (Å²) >= 11 is 0. The van der Waals surface area contributed by atoms with Gasteiger partial charge in [-0.25, -0.2) is 0 Å². The van der Waals surface area contributed by atoms with Gasteiger partial charge in [-0.05, 0) is 42.9 Å². The molecule has 1 fully saturated rings. The molecule has 4 bridgehead atoms. The third-order valence-corrected chi connectivity index (χ3v) is 6.64. The molecule has 0 spiro atoms. The number of benzene rings is 1. The van der Waals surface area contributed by atoms with Crippen LogP contribution >= 0.6 is 0 Å². The minimum absolute atomic E-state index is 0.197. The molecular formula is C20H24N2O2. The van der Waals surface area contributed by atoms with Crippen molar-refractivity contribution in [1.29, 1.82) is 0 Å². The normalized spacial score (nSPS) is 32.0. The molecule has 4 aliphatic heterocycles. The van der Waals surface area contributed by atoms with Gasteiger partial charge in [0.25, 0.3) is 0 Å². The van der Waals surface area contributed by atoms with Crippen molar-refractivity contribution in [3.63, 3.8) is 0 Å². The molecule has 126 valence electrons. The molecule has 6 rings (SSSR count). The minimum atomic E-state index is -0.431. The smallest absolute Gasteiger partial charge is 0.0741 e. The maximum atomic E-state index is 10.2. The van der Waals surface area contributed by atoms with E-state index in [9.17, 15) is 10.2 Å². The van der Waals surface area contributed by atoms with Crippen molar-refractivity contribution < 1.29 is 10.2 Å². The topological polar surface area (TPSA) is 48.6 Å². The summed E-state index contributed by atoms with van der Waals surface area (Å²) in [4.78, 5) is 2.43. The summed E-state index contributed by atoms with van der Waals surface area (Å²) in [5.41, 5.74) is 5.29. The zero-order valence-corrected chi connectivity index (χ0v) is 14.2. The molecule has 5 heterocycles. The molecule has 2 aromatic rings. The number of aromatic nitrogens is 1. The number of rotatable bonds is 2. The Kier molecular flexibility index (Phi) is 2.95. The standard InChI is InChI=1S/C20H24N2O2/c1-11(24)15-9-22-18-8-14-12-5-3-4-6-17(12)21(2)20(14)19(22)7-13(15)16(18)10-23/h3-6,9,11,13,16,18-19,23-24H,7-8,10H2,1-2H3/t11-,13+,16+,18-,19-/m0/s1. The third kappa shape index (κ3) is 1.65. The van der Waals surface area contributed by atoms with Crippen LogP contribution in [-0.2, 0) is 13.5 Å². The summed E-state index contributed by atoms with van der Waals surface area (Å²) in [7, 11) is 2.17. The lowest BCUT2D eigenvalue weighted by Crippen LogP contribution is -2.57. The lowest BCUT2D eigenvalue weighted by Gasteiger charge is -2.57. The monoisotopic (exact) mass is 324 g/mol. The van der Waals surface area contributed by atoms with Gasteiger partial charge in [-0.2, -0.15) is 0 Å². The number of aliphatic hydroxyl groups is 2. The van der Waals surface area contributed by atoms with Gasteiger partial charge >= 0.3 is 0 Å². The summed E-state index contributed by atoms with van der Waals surface area (Å²) in [5.74, 6) is 0.518. The first kappa shape index (κ1) is 14.6. The number of aliphatic hydroxyl groups excluding tert-OH is 2. The summed E-state index contributed by atoms with van der Waals surface area (Å²) in [6.07, 6.45) is 3.74. The SMILES string of the molecule is C[C@H](O)C1=CN2[C@H]3C[C@H]1[C@@H](CO)[C@@H]2Cc1c3n(C)c2ccccc12. The molecule has 2 N–H and O–H groups in total. The maximum Gasteiger partial charge on any atom is 0.0741 e. The van der Waals surface area contributed by atoms with Gasteiger partial charge in [0.15, 0.2) is 0 Å². The predicted molar refractivity (Wildman–Crippen MR) is 93.4 cm³/mol. The van der Waals surface area contributed by atoms with Gasteiger partial charge in [0.1, 0.15) is 0 Å². The van der Waals surface area contributed by atoms with Crippen molar-refractivity contribution in [2.75, 3.05) is 6.61 Å². The van der Waals surface area contributed by atoms with Crippen LogP contribution in [0.25, 0.3) is 10.9 Å². The highest BCUT2D eigenvalue weighted by Gasteiger charge is 2.52. The average molecular weight is 324 g/mol. The first-order chi connectivity index (χ1) is 11.6. The van der Waals surface area contributed by atoms with E-state index < -0.39 is 6.10 Å². The van der Waals surface area contributed by atoms with Crippen LogP contribution in [0.3, 0.4) is 0 Å². The van der Waals surface area contributed by atoms with Crippen LogP contribution in [0.4, 0.5) is 0 Å². The fourth-order valence-corrected chi connectivity index (χ4v) is 5.61. The Morgan fingerprint density at radius 2 is 2.08 bits per heavy atom. The van der Waals surface area contributed by atoms with E-state index >= 15 is 0 Å². The van der Waals surface area contributed by atoms with Gasteiger partial charge in [-0.3, -0.25) is 0 Å². The summed E-state index contributed by atoms with van der Waals surface area (Å²) < 4.78 is 2.36. The molecule has 0 radical (unpaired) electrons. The largest absolute Gasteiger partial charge is 0.396 e. The number of para-hydroxylation sites is 1. The van der Waals surface area contributed by atoms with E-state index in [0.717, 1.165) is 18.4 Å². The molecule has 1 aromatic carbocycles. The number of hydrogen-bond acceptors (Lipinski definition) is 3. The predicted octanol–water partition coefficient (Wildman–Crippen LogP) is 2.35. The molecule has 1 aromatic heterocycles. The van der Waals surface area contributed by atoms with Crippen molar-refractivity contribution >= 4 is 10.9 Å². The zero-order chi connectivity index (χ0) is 16.6. The van der Waals surface area contributed by atoms with E-state index in [1.54, 1.807) is 0 Å². The van der Waals surface area contributed by atoms with Crippen molar-refractivity contribution in [2.24, 2.45) is 18.9 Å². The van der Waals surface area contributed by atoms with Gasteiger partial charge in [0, 0.05) is 48.4 Å². The fraction of sp³-hybridized carbons (Fsp3) is 0.500. The molecule has 0 saturated carbocycles. The molecule has 5 atom stereocenters. The number of aryl methyl sites for hydroxylation is 1. The van der Waals surface area contributed by atoms with Crippen molar-refractivity contribution in [1.82, 2.24) is 9.47 Å². The fourth-order valence-electron chi connectivity index (χ4n) is 5.61. The van der Waals surface area contributed by atoms with Crippen molar-refractivity contribution in [3.8, 4) is 0 Å². The van der Waals surface area contributed by atoms with Crippen molar-refractivity contribution in [3.05, 3.63) is 47.3 Å². The minimum Gasteiger partial charge on any atom is -0.396 e. The van der Waals surface area contributed by atoms with E-state index in [0.29, 0.717) is 18.0 Å². The highest BCUT2D eigenvalue weighted by molar-refractivity contribution is 5.86. The van der Waals surface area contributed by atoms with Crippen LogP contribution in [-0.4, -0.2) is 38.4 Å². The molecule has 0 unspecified atom stereocenters. The van der Waals surface area contributed by atoms with E-state index in [-0.39, 0.29) is 12.5 Å². The van der Waals surface area contributed by atoms with Gasteiger partial charge < -0.3 is 19.7 Å². The van der Waals surface area contributed by atoms with Crippen LogP contribution in [0.15, 0.2) is 36.0 Å². The van der Waals surface area contributed by atoms with Crippen LogP contribution in [0.1, 0.15) is 30.6 Å². The molecule has 4 nitrogen and oxygen atoms in total. The van der Waals surface area contributed by atoms with Crippen LogP contribution in [0.2, 0.25) is 0 Å². The highest BCUT2D eigenvalue weighted by atomic mass is 16.3. The first-order valence-electron chi connectivity index (χ1n) is 8.96. The van der Waals surface area contributed by atoms with Gasteiger partial charge in [0.2, 0.25) is 0 Å². The lowest BCUT2D eigenvalue weighted by atomic mass is 9.65. The Hall–Kier alpha value is -1.78. The van der Waals surface area contributed by atoms with E-state index in [1.807, 2.05) is 6.92 Å². The second-order valence-electron chi connectivity index (χ2n) is 7.67. The van der Waals surface area contributed by atoms with Gasteiger partial charge in [0.05, 0.1) is 12.1 Å². The lowest BCUT2D eigenvalue weighted by molar-refractivity contribution is -0.0223. The summed E-state index contributed by atoms with van der Waals surface area (Å²) in [6.45, 7) is 2.04. The van der Waals surface area contributed by atoms with Crippen LogP contribution < -0.4 is 0 Å². The number of hydrogen-bond donors (Lipinski definition) is 2. The Morgan fingerprint density at radius 3 is 2.83 bits per heavy atom. The Balaban J connectivity index is 1.72. The summed E-state index contributed by atoms with van der Waals surface area (Å²) in [6, 6.07) is 9.37. The molecular weight excluding hydrogens is 300 g/mol. The molecule has 24 heavy (non-hydrogen) atoms. The Labute approximate surface area is 142 Å².